The lowest BCUT2D eigenvalue weighted by molar-refractivity contribution is -0.121. The molecule has 5 N–H and O–H groups in total. The predicted octanol–water partition coefficient (Wildman–Crippen LogP) is -0.539. The number of rotatable bonds is 4. The molecule has 0 fully saturated rings. The maximum atomic E-state index is 11.8. The van der Waals surface area contributed by atoms with Crippen LogP contribution in [0.1, 0.15) is 10.4 Å². The second-order valence-corrected chi connectivity index (χ2v) is 5.00. The lowest BCUT2D eigenvalue weighted by atomic mass is 10.1. The average molecular weight is 314 g/mol. The Kier molecular flexibility index (Phi) is 3.75. The maximum absolute atomic E-state index is 11.8. The van der Waals surface area contributed by atoms with Gasteiger partial charge >= 0.3 is 5.97 Å². The summed E-state index contributed by atoms with van der Waals surface area (Å²) in [7, 11) is 0. The van der Waals surface area contributed by atoms with Gasteiger partial charge in [-0.15, -0.1) is 0 Å². The molecule has 0 spiro atoms. The molecule has 1 aromatic carbocycles. The molecule has 0 aliphatic carbocycles. The Morgan fingerprint density at radius 3 is 2.74 bits per heavy atom. The minimum absolute atomic E-state index is 0.0451. The highest BCUT2D eigenvalue weighted by Crippen LogP contribution is 2.14. The van der Waals surface area contributed by atoms with E-state index in [1.165, 1.54) is 12.1 Å². The third-order valence-corrected chi connectivity index (χ3v) is 3.36. The number of carbonyl (C=O) groups excluding carboxylic acids is 1. The monoisotopic (exact) mass is 314 g/mol. The first-order valence-electron chi connectivity index (χ1n) is 6.84. The zero-order chi connectivity index (χ0) is 16.4. The number of carbonyl (C=O) groups is 2. The Balaban J connectivity index is 1.65. The molecular formula is C14H14N6O3. The summed E-state index contributed by atoms with van der Waals surface area (Å²) >= 11 is 0. The number of anilines is 1. The van der Waals surface area contributed by atoms with Crippen molar-refractivity contribution in [3.05, 3.63) is 29.8 Å². The van der Waals surface area contributed by atoms with Gasteiger partial charge in [0, 0.05) is 11.9 Å². The summed E-state index contributed by atoms with van der Waals surface area (Å²) in [6.45, 7) is 0.353. The lowest BCUT2D eigenvalue weighted by Crippen LogP contribution is -2.52. The van der Waals surface area contributed by atoms with Gasteiger partial charge in [0.2, 0.25) is 0 Å². The molecule has 0 saturated carbocycles. The summed E-state index contributed by atoms with van der Waals surface area (Å²) in [5, 5.41) is 14.4. The number of aromatic carboxylic acids is 1. The largest absolute Gasteiger partial charge is 0.478 e. The number of guanidine groups is 1. The zero-order valence-corrected chi connectivity index (χ0v) is 11.9. The minimum atomic E-state index is -0.977. The van der Waals surface area contributed by atoms with Gasteiger partial charge in [0.15, 0.2) is 18.2 Å². The smallest absolute Gasteiger partial charge is 0.335 e. The number of carboxylic acid groups (broad SMARTS) is 1. The highest BCUT2D eigenvalue weighted by molar-refractivity contribution is 6.33. The van der Waals surface area contributed by atoms with E-state index in [9.17, 15) is 9.59 Å². The van der Waals surface area contributed by atoms with Crippen LogP contribution in [-0.2, 0) is 4.79 Å². The number of nitrogens with two attached hydrogens (primary N) is 1. The number of nitrogens with zero attached hydrogens (tertiary/aromatic N) is 3. The third kappa shape index (κ3) is 3.18. The summed E-state index contributed by atoms with van der Waals surface area (Å²) in [5.41, 5.74) is 7.02. The van der Waals surface area contributed by atoms with E-state index in [4.69, 9.17) is 10.8 Å². The molecule has 0 saturated heterocycles. The minimum Gasteiger partial charge on any atom is -0.478 e. The molecule has 0 bridgehead atoms. The second kappa shape index (κ2) is 5.87. The second-order valence-electron chi connectivity index (χ2n) is 5.00. The Hall–Kier alpha value is -3.23. The lowest BCUT2D eigenvalue weighted by Gasteiger charge is -2.25. The van der Waals surface area contributed by atoms with E-state index in [1.807, 2.05) is 0 Å². The van der Waals surface area contributed by atoms with E-state index in [0.29, 0.717) is 12.3 Å². The Labute approximate surface area is 131 Å². The van der Waals surface area contributed by atoms with Crippen LogP contribution in [0.5, 0.6) is 0 Å². The molecule has 2 aliphatic rings. The molecule has 1 amide bonds. The first kappa shape index (κ1) is 14.7. The van der Waals surface area contributed by atoms with Gasteiger partial charge in [0.25, 0.3) is 5.91 Å². The van der Waals surface area contributed by atoms with Crippen molar-refractivity contribution in [1.29, 1.82) is 0 Å². The first-order chi connectivity index (χ1) is 11.0. The van der Waals surface area contributed by atoms with Gasteiger partial charge in [-0.1, -0.05) is 0 Å². The fourth-order valence-electron chi connectivity index (χ4n) is 2.21. The third-order valence-electron chi connectivity index (χ3n) is 3.36. The van der Waals surface area contributed by atoms with Gasteiger partial charge in [-0.25, -0.2) is 9.79 Å². The van der Waals surface area contributed by atoms with Crippen LogP contribution < -0.4 is 16.4 Å². The van der Waals surface area contributed by atoms with Crippen molar-refractivity contribution in [2.45, 2.75) is 12.2 Å². The Morgan fingerprint density at radius 2 is 2.04 bits per heavy atom. The van der Waals surface area contributed by atoms with Crippen LogP contribution in [0.25, 0.3) is 0 Å². The normalized spacial score (nSPS) is 22.5. The summed E-state index contributed by atoms with van der Waals surface area (Å²) in [6, 6.07) is 5.61. The van der Waals surface area contributed by atoms with Crippen LogP contribution in [0.4, 0.5) is 5.69 Å². The summed E-state index contributed by atoms with van der Waals surface area (Å²) in [4.78, 5) is 35.1. The molecule has 23 heavy (non-hydrogen) atoms. The van der Waals surface area contributed by atoms with Crippen molar-refractivity contribution >= 4 is 35.4 Å². The van der Waals surface area contributed by atoms with E-state index in [0.717, 1.165) is 5.69 Å². The van der Waals surface area contributed by atoms with Crippen LogP contribution in [0.3, 0.4) is 0 Å². The maximum Gasteiger partial charge on any atom is 0.335 e. The van der Waals surface area contributed by atoms with Crippen molar-refractivity contribution in [2.24, 2.45) is 20.7 Å². The highest BCUT2D eigenvalue weighted by atomic mass is 16.4. The van der Waals surface area contributed by atoms with Gasteiger partial charge in [-0.3, -0.25) is 20.1 Å². The number of aliphatic imine (C=N–C) groups is 3. The van der Waals surface area contributed by atoms with Crippen LogP contribution >= 0.6 is 0 Å². The SMILES string of the molecule is NC1=NC2N=CC(CNc3ccc(C(=O)O)cc3)=NC2C(=O)N1. The van der Waals surface area contributed by atoms with Crippen molar-refractivity contribution in [1.82, 2.24) is 5.32 Å². The number of hydrogen-bond donors (Lipinski definition) is 4. The Morgan fingerprint density at radius 1 is 1.30 bits per heavy atom. The molecule has 2 unspecified atom stereocenters. The molecular weight excluding hydrogens is 300 g/mol. The molecule has 2 atom stereocenters. The van der Waals surface area contributed by atoms with Gasteiger partial charge in [-0.05, 0) is 24.3 Å². The zero-order valence-electron chi connectivity index (χ0n) is 11.9. The number of amides is 1. The fourth-order valence-corrected chi connectivity index (χ4v) is 2.21. The van der Waals surface area contributed by atoms with Crippen LogP contribution in [0.2, 0.25) is 0 Å². The number of hydrogen-bond acceptors (Lipinski definition) is 7. The molecule has 2 aliphatic heterocycles. The van der Waals surface area contributed by atoms with E-state index < -0.39 is 18.2 Å². The molecule has 2 heterocycles. The fraction of sp³-hybridized carbons (Fsp3) is 0.214. The van der Waals surface area contributed by atoms with Crippen LogP contribution in [-0.4, -0.2) is 53.6 Å². The average Bonchev–Trinajstić information content (AvgIpc) is 2.53. The first-order valence-corrected chi connectivity index (χ1v) is 6.84. The number of carboxylic acids is 1. The summed E-state index contributed by atoms with van der Waals surface area (Å²) < 4.78 is 0. The molecule has 0 aromatic heterocycles. The van der Waals surface area contributed by atoms with Crippen molar-refractivity contribution in [3.8, 4) is 0 Å². The van der Waals surface area contributed by atoms with Gasteiger partial charge < -0.3 is 16.2 Å². The van der Waals surface area contributed by atoms with Gasteiger partial charge in [0.05, 0.1) is 17.8 Å². The van der Waals surface area contributed by atoms with Crippen molar-refractivity contribution < 1.29 is 14.7 Å². The van der Waals surface area contributed by atoms with E-state index >= 15 is 0 Å². The van der Waals surface area contributed by atoms with Crippen molar-refractivity contribution in [3.63, 3.8) is 0 Å². The number of nitrogens with one attached hydrogen (secondary N) is 2. The van der Waals surface area contributed by atoms with E-state index in [1.54, 1.807) is 18.3 Å². The molecule has 0 radical (unpaired) electrons. The predicted molar refractivity (Wildman–Crippen MR) is 85.2 cm³/mol. The summed E-state index contributed by atoms with van der Waals surface area (Å²) in [5.74, 6) is -1.26. The topological polar surface area (TPSA) is 142 Å². The highest BCUT2D eigenvalue weighted by Gasteiger charge is 2.33. The van der Waals surface area contributed by atoms with E-state index in [-0.39, 0.29) is 17.4 Å². The molecule has 9 heteroatoms. The van der Waals surface area contributed by atoms with E-state index in [2.05, 4.69) is 25.6 Å². The van der Waals surface area contributed by atoms with Gasteiger partial charge in [0.1, 0.15) is 0 Å². The number of fused-ring (bicyclic) bond motifs is 1. The van der Waals surface area contributed by atoms with Crippen LogP contribution in [0, 0.1) is 0 Å². The molecule has 9 nitrogen and oxygen atoms in total. The standard InChI is InChI=1S/C14H14N6O3/c15-14-19-11-10(12(21)20-14)18-9(6-17-11)5-16-8-3-1-7(2-4-8)13(22)23/h1-4,6,10-11,16H,5H2,(H,22,23)(H3,15,19,20,21). The molecule has 1 aromatic rings. The summed E-state index contributed by atoms with van der Waals surface area (Å²) in [6.07, 6.45) is 0.942. The van der Waals surface area contributed by atoms with Crippen LogP contribution in [0.15, 0.2) is 39.2 Å². The van der Waals surface area contributed by atoms with Crippen molar-refractivity contribution in [2.75, 3.05) is 11.9 Å². The molecule has 118 valence electrons. The molecule has 3 rings (SSSR count). The number of benzene rings is 1. The quantitative estimate of drug-likeness (QED) is 0.590. The Bertz CT molecular complexity index is 737. The van der Waals surface area contributed by atoms with Gasteiger partial charge in [-0.2, -0.15) is 0 Å².